The first-order chi connectivity index (χ1) is 11.5. The molecular weight excluding hydrogens is 308 g/mol. The van der Waals surface area contributed by atoms with E-state index >= 15 is 0 Å². The fourth-order valence-corrected chi connectivity index (χ4v) is 2.20. The van der Waals surface area contributed by atoms with Gasteiger partial charge in [-0.1, -0.05) is 6.07 Å². The first-order valence-corrected chi connectivity index (χ1v) is 7.30. The fourth-order valence-electron chi connectivity index (χ4n) is 2.20. The normalized spacial score (nSPS) is 10.6. The quantitative estimate of drug-likeness (QED) is 0.754. The van der Waals surface area contributed by atoms with Crippen LogP contribution in [0.3, 0.4) is 0 Å². The number of aryl methyl sites for hydroxylation is 2. The third-order valence-electron chi connectivity index (χ3n) is 3.55. The van der Waals surface area contributed by atoms with E-state index in [1.807, 2.05) is 25.2 Å². The van der Waals surface area contributed by atoms with Crippen LogP contribution in [-0.4, -0.2) is 30.5 Å². The van der Waals surface area contributed by atoms with E-state index in [0.29, 0.717) is 6.54 Å². The molecule has 8 heteroatoms. The number of amides is 1. The number of rotatable bonds is 4. The molecule has 3 heterocycles. The molecule has 3 aromatic heterocycles. The zero-order valence-corrected chi connectivity index (χ0v) is 13.3. The molecule has 0 unspecified atom stereocenters. The summed E-state index contributed by atoms with van der Waals surface area (Å²) < 4.78 is 2.87. The van der Waals surface area contributed by atoms with Gasteiger partial charge in [-0.05, 0) is 23.8 Å². The van der Waals surface area contributed by atoms with Gasteiger partial charge in [-0.15, -0.1) is 0 Å². The molecule has 0 aliphatic heterocycles. The molecule has 0 spiro atoms. The van der Waals surface area contributed by atoms with Crippen molar-refractivity contribution in [3.8, 4) is 11.4 Å². The molecule has 0 aliphatic rings. The second-order valence-electron chi connectivity index (χ2n) is 5.25. The van der Waals surface area contributed by atoms with E-state index < -0.39 is 0 Å². The summed E-state index contributed by atoms with van der Waals surface area (Å²) in [4.78, 5) is 27.7. The van der Waals surface area contributed by atoms with Crippen molar-refractivity contribution < 1.29 is 4.79 Å². The smallest absolute Gasteiger partial charge is 0.271 e. The van der Waals surface area contributed by atoms with Crippen LogP contribution >= 0.6 is 0 Å². The standard InChI is InChI=1S/C16H16N6O2/c1-21-14(7-8-19-21)12-4-3-11(9-17-12)10-18-16(24)13-5-6-15(23)22(2)20-13/h3-9H,10H2,1-2H3,(H,18,24). The van der Waals surface area contributed by atoms with Crippen LogP contribution in [0, 0.1) is 0 Å². The minimum Gasteiger partial charge on any atom is -0.347 e. The minimum absolute atomic E-state index is 0.191. The van der Waals surface area contributed by atoms with Gasteiger partial charge in [0.25, 0.3) is 11.5 Å². The van der Waals surface area contributed by atoms with Gasteiger partial charge in [0.2, 0.25) is 0 Å². The Hall–Kier alpha value is -3.29. The summed E-state index contributed by atoms with van der Waals surface area (Å²) in [5.74, 6) is -0.346. The molecule has 24 heavy (non-hydrogen) atoms. The van der Waals surface area contributed by atoms with Crippen molar-refractivity contribution in [1.82, 2.24) is 29.9 Å². The molecule has 0 bridgehead atoms. The Labute approximate surface area is 137 Å². The first kappa shape index (κ1) is 15.6. The van der Waals surface area contributed by atoms with Crippen LogP contribution < -0.4 is 10.9 Å². The number of pyridine rings is 1. The SMILES string of the molecule is Cn1nccc1-c1ccc(CNC(=O)c2ccc(=O)n(C)n2)cn1. The lowest BCUT2D eigenvalue weighted by atomic mass is 10.2. The van der Waals surface area contributed by atoms with Crippen LogP contribution in [0.25, 0.3) is 11.4 Å². The van der Waals surface area contributed by atoms with E-state index in [0.717, 1.165) is 21.6 Å². The Kier molecular flexibility index (Phi) is 4.19. The summed E-state index contributed by atoms with van der Waals surface area (Å²) in [5.41, 5.74) is 2.52. The lowest BCUT2D eigenvalue weighted by Gasteiger charge is -2.06. The summed E-state index contributed by atoms with van der Waals surface area (Å²) >= 11 is 0. The van der Waals surface area contributed by atoms with Gasteiger partial charge in [0.1, 0.15) is 5.69 Å². The number of aromatic nitrogens is 5. The Balaban J connectivity index is 1.66. The van der Waals surface area contributed by atoms with E-state index in [-0.39, 0.29) is 17.2 Å². The maximum atomic E-state index is 12.1. The summed E-state index contributed by atoms with van der Waals surface area (Å²) in [6.07, 6.45) is 3.42. The molecule has 1 N–H and O–H groups in total. The van der Waals surface area contributed by atoms with Crippen LogP contribution in [0.1, 0.15) is 16.1 Å². The number of carbonyl (C=O) groups is 1. The number of hydrogen-bond donors (Lipinski definition) is 1. The fraction of sp³-hybridized carbons (Fsp3) is 0.188. The molecule has 0 aliphatic carbocycles. The van der Waals surface area contributed by atoms with Gasteiger partial charge < -0.3 is 5.32 Å². The number of hydrogen-bond acceptors (Lipinski definition) is 5. The average Bonchev–Trinajstić information content (AvgIpc) is 3.01. The Bertz CT molecular complexity index is 926. The maximum absolute atomic E-state index is 12.1. The van der Waals surface area contributed by atoms with Gasteiger partial charge in [-0.3, -0.25) is 19.3 Å². The van der Waals surface area contributed by atoms with Crippen molar-refractivity contribution in [2.24, 2.45) is 14.1 Å². The van der Waals surface area contributed by atoms with Gasteiger partial charge in [-0.25, -0.2) is 4.68 Å². The van der Waals surface area contributed by atoms with Gasteiger partial charge in [0, 0.05) is 39.1 Å². The summed E-state index contributed by atoms with van der Waals surface area (Å²) in [6, 6.07) is 8.37. The summed E-state index contributed by atoms with van der Waals surface area (Å²) in [7, 11) is 3.35. The second kappa shape index (κ2) is 6.45. The lowest BCUT2D eigenvalue weighted by Crippen LogP contribution is -2.28. The van der Waals surface area contributed by atoms with E-state index in [4.69, 9.17) is 0 Å². The van der Waals surface area contributed by atoms with Crippen LogP contribution in [0.5, 0.6) is 0 Å². The van der Waals surface area contributed by atoms with Crippen molar-refractivity contribution in [2.45, 2.75) is 6.54 Å². The topological polar surface area (TPSA) is 94.7 Å². The second-order valence-corrected chi connectivity index (χ2v) is 5.25. The molecule has 1 amide bonds. The molecule has 0 atom stereocenters. The van der Waals surface area contributed by atoms with Crippen molar-refractivity contribution in [3.05, 3.63) is 64.3 Å². The van der Waals surface area contributed by atoms with Gasteiger partial charge in [-0.2, -0.15) is 10.2 Å². The van der Waals surface area contributed by atoms with Gasteiger partial charge in [0.15, 0.2) is 0 Å². The monoisotopic (exact) mass is 324 g/mol. The third kappa shape index (κ3) is 3.22. The highest BCUT2D eigenvalue weighted by Gasteiger charge is 2.09. The van der Waals surface area contributed by atoms with E-state index in [9.17, 15) is 9.59 Å². The molecule has 0 radical (unpaired) electrons. The zero-order chi connectivity index (χ0) is 17.1. The van der Waals surface area contributed by atoms with Crippen LogP contribution in [0.2, 0.25) is 0 Å². The van der Waals surface area contributed by atoms with Crippen LogP contribution in [0.4, 0.5) is 0 Å². The molecule has 0 fully saturated rings. The highest BCUT2D eigenvalue weighted by molar-refractivity contribution is 5.91. The van der Waals surface area contributed by atoms with Crippen LogP contribution in [-0.2, 0) is 20.6 Å². The van der Waals surface area contributed by atoms with Gasteiger partial charge >= 0.3 is 0 Å². The van der Waals surface area contributed by atoms with Crippen LogP contribution in [0.15, 0.2) is 47.5 Å². The molecule has 3 aromatic rings. The maximum Gasteiger partial charge on any atom is 0.271 e. The van der Waals surface area contributed by atoms with Crippen molar-refractivity contribution in [1.29, 1.82) is 0 Å². The molecule has 0 saturated carbocycles. The first-order valence-electron chi connectivity index (χ1n) is 7.30. The van der Waals surface area contributed by atoms with Crippen molar-refractivity contribution in [2.75, 3.05) is 0 Å². The van der Waals surface area contributed by atoms with E-state index in [1.54, 1.807) is 17.1 Å². The number of carbonyl (C=O) groups excluding carboxylic acids is 1. The number of nitrogens with one attached hydrogen (secondary N) is 1. The van der Waals surface area contributed by atoms with E-state index in [1.165, 1.54) is 19.2 Å². The molecular formula is C16H16N6O2. The largest absolute Gasteiger partial charge is 0.347 e. The molecule has 3 rings (SSSR count). The highest BCUT2D eigenvalue weighted by Crippen LogP contribution is 2.15. The van der Waals surface area contributed by atoms with Gasteiger partial charge in [0.05, 0.1) is 11.4 Å². The average molecular weight is 324 g/mol. The Morgan fingerprint density at radius 2 is 1.96 bits per heavy atom. The zero-order valence-electron chi connectivity index (χ0n) is 13.3. The minimum atomic E-state index is -0.346. The molecule has 122 valence electrons. The molecule has 0 aromatic carbocycles. The highest BCUT2D eigenvalue weighted by atomic mass is 16.2. The Morgan fingerprint density at radius 1 is 1.12 bits per heavy atom. The Morgan fingerprint density at radius 3 is 2.58 bits per heavy atom. The number of nitrogens with zero attached hydrogens (tertiary/aromatic N) is 5. The van der Waals surface area contributed by atoms with Crippen molar-refractivity contribution in [3.63, 3.8) is 0 Å². The predicted molar refractivity (Wildman–Crippen MR) is 87.1 cm³/mol. The summed E-state index contributed by atoms with van der Waals surface area (Å²) in [5, 5.41) is 10.8. The summed E-state index contributed by atoms with van der Waals surface area (Å²) in [6.45, 7) is 0.321. The lowest BCUT2D eigenvalue weighted by molar-refractivity contribution is 0.0943. The van der Waals surface area contributed by atoms with E-state index in [2.05, 4.69) is 20.5 Å². The molecule has 8 nitrogen and oxygen atoms in total. The predicted octanol–water partition coefficient (Wildman–Crippen LogP) is 0.506. The molecule has 0 saturated heterocycles. The van der Waals surface area contributed by atoms with Crippen molar-refractivity contribution >= 4 is 5.91 Å². The third-order valence-corrected chi connectivity index (χ3v) is 3.55.